The smallest absolute Gasteiger partial charge is 0.257 e. The van der Waals surface area contributed by atoms with Crippen molar-refractivity contribution in [2.24, 2.45) is 5.41 Å². The van der Waals surface area contributed by atoms with Crippen LogP contribution < -0.4 is 0 Å². The fourth-order valence-corrected chi connectivity index (χ4v) is 3.68. The molecule has 1 amide bonds. The second-order valence-electron chi connectivity index (χ2n) is 6.02. The van der Waals surface area contributed by atoms with Crippen molar-refractivity contribution in [3.05, 3.63) is 24.3 Å². The Kier molecular flexibility index (Phi) is 3.49. The average Bonchev–Trinajstić information content (AvgIpc) is 2.48. The van der Waals surface area contributed by atoms with Crippen LogP contribution in [0.5, 0.6) is 0 Å². The lowest BCUT2D eigenvalue weighted by molar-refractivity contribution is 0.0383. The number of rotatable bonds is 1. The van der Waals surface area contributed by atoms with Gasteiger partial charge in [-0.3, -0.25) is 4.79 Å². The summed E-state index contributed by atoms with van der Waals surface area (Å²) in [6, 6.07) is 0. The molecule has 0 aromatic carbocycles. The third-order valence-corrected chi connectivity index (χ3v) is 4.67. The molecular weight excluding hydrogens is 238 g/mol. The fourth-order valence-electron chi connectivity index (χ4n) is 3.68. The zero-order valence-electron chi connectivity index (χ0n) is 11.3. The van der Waals surface area contributed by atoms with Crippen molar-refractivity contribution in [1.82, 2.24) is 14.9 Å². The first-order chi connectivity index (χ1) is 9.29. The number of hydrogen-bond donors (Lipinski definition) is 0. The summed E-state index contributed by atoms with van der Waals surface area (Å²) in [4.78, 5) is 22.4. The Morgan fingerprint density at radius 1 is 1.05 bits per heavy atom. The summed E-state index contributed by atoms with van der Waals surface area (Å²) in [5, 5.41) is 0. The van der Waals surface area contributed by atoms with Crippen molar-refractivity contribution < 1.29 is 4.79 Å². The Morgan fingerprint density at radius 2 is 1.74 bits per heavy atom. The molecule has 2 heterocycles. The van der Waals surface area contributed by atoms with Crippen LogP contribution in [0.1, 0.15) is 55.3 Å². The van der Waals surface area contributed by atoms with Crippen LogP contribution in [0.4, 0.5) is 0 Å². The van der Waals surface area contributed by atoms with Gasteiger partial charge in [0.1, 0.15) is 6.33 Å². The van der Waals surface area contributed by atoms with Gasteiger partial charge in [-0.15, -0.1) is 0 Å². The van der Waals surface area contributed by atoms with E-state index >= 15 is 0 Å². The Balaban J connectivity index is 1.73. The van der Waals surface area contributed by atoms with E-state index in [2.05, 4.69) is 9.97 Å². The van der Waals surface area contributed by atoms with Crippen LogP contribution in [0.3, 0.4) is 0 Å². The summed E-state index contributed by atoms with van der Waals surface area (Å²) >= 11 is 0. The highest BCUT2D eigenvalue weighted by Crippen LogP contribution is 2.43. The van der Waals surface area contributed by atoms with Crippen molar-refractivity contribution in [3.8, 4) is 0 Å². The fraction of sp³-hybridized carbons (Fsp3) is 0.667. The molecule has 4 nitrogen and oxygen atoms in total. The summed E-state index contributed by atoms with van der Waals surface area (Å²) in [6.07, 6.45) is 13.8. The van der Waals surface area contributed by atoms with Crippen LogP contribution in [0.2, 0.25) is 0 Å². The van der Waals surface area contributed by atoms with Crippen molar-refractivity contribution in [2.75, 3.05) is 13.1 Å². The number of carbonyl (C=O) groups is 1. The molecule has 1 aromatic rings. The van der Waals surface area contributed by atoms with Gasteiger partial charge >= 0.3 is 0 Å². The molecule has 2 aliphatic rings. The number of nitrogens with zero attached hydrogens (tertiary/aromatic N) is 3. The maximum absolute atomic E-state index is 12.5. The van der Waals surface area contributed by atoms with Gasteiger partial charge in [0, 0.05) is 25.5 Å². The summed E-state index contributed by atoms with van der Waals surface area (Å²) < 4.78 is 0. The van der Waals surface area contributed by atoms with Gasteiger partial charge in [0.05, 0.1) is 5.56 Å². The lowest BCUT2D eigenvalue weighted by Crippen LogP contribution is -2.47. The molecule has 1 saturated carbocycles. The van der Waals surface area contributed by atoms with Gasteiger partial charge < -0.3 is 4.90 Å². The molecule has 1 aliphatic carbocycles. The van der Waals surface area contributed by atoms with E-state index in [1.54, 1.807) is 12.4 Å². The maximum Gasteiger partial charge on any atom is 0.257 e. The third-order valence-electron chi connectivity index (χ3n) is 4.67. The summed E-state index contributed by atoms with van der Waals surface area (Å²) in [6.45, 7) is 1.82. The maximum atomic E-state index is 12.5. The van der Waals surface area contributed by atoms with Crippen molar-refractivity contribution in [1.29, 1.82) is 0 Å². The molecule has 19 heavy (non-hydrogen) atoms. The Hall–Kier alpha value is -1.45. The zero-order valence-corrected chi connectivity index (χ0v) is 11.3. The van der Waals surface area contributed by atoms with Crippen LogP contribution in [0, 0.1) is 5.41 Å². The van der Waals surface area contributed by atoms with Gasteiger partial charge in [-0.25, -0.2) is 9.97 Å². The minimum Gasteiger partial charge on any atom is -0.338 e. The lowest BCUT2D eigenvalue weighted by atomic mass is 9.69. The topological polar surface area (TPSA) is 46.1 Å². The monoisotopic (exact) mass is 259 g/mol. The van der Waals surface area contributed by atoms with Crippen molar-refractivity contribution >= 4 is 5.91 Å². The minimum atomic E-state index is 0.102. The van der Waals surface area contributed by atoms with E-state index in [-0.39, 0.29) is 5.91 Å². The van der Waals surface area contributed by atoms with Crippen molar-refractivity contribution in [3.63, 3.8) is 0 Å². The SMILES string of the molecule is O=C(c1cncnc1)N1CCCC2(CCCCC2)C1. The highest BCUT2D eigenvalue weighted by atomic mass is 16.2. The second kappa shape index (κ2) is 5.27. The first kappa shape index (κ1) is 12.6. The van der Waals surface area contributed by atoms with Gasteiger partial charge in [-0.1, -0.05) is 19.3 Å². The highest BCUT2D eigenvalue weighted by molar-refractivity contribution is 5.93. The molecule has 1 aliphatic heterocycles. The van der Waals surface area contributed by atoms with Gasteiger partial charge in [0.25, 0.3) is 5.91 Å². The van der Waals surface area contributed by atoms with Gasteiger partial charge in [-0.05, 0) is 31.1 Å². The predicted molar refractivity (Wildman–Crippen MR) is 72.7 cm³/mol. The second-order valence-corrected chi connectivity index (χ2v) is 6.02. The van der Waals surface area contributed by atoms with E-state index in [9.17, 15) is 4.79 Å². The summed E-state index contributed by atoms with van der Waals surface area (Å²) in [7, 11) is 0. The van der Waals surface area contributed by atoms with Crippen LogP contribution in [0.15, 0.2) is 18.7 Å². The first-order valence-corrected chi connectivity index (χ1v) is 7.33. The normalized spacial score (nSPS) is 22.4. The van der Waals surface area contributed by atoms with Crippen LogP contribution in [-0.2, 0) is 0 Å². The van der Waals surface area contributed by atoms with E-state index in [4.69, 9.17) is 0 Å². The molecule has 4 heteroatoms. The molecule has 1 saturated heterocycles. The van der Waals surface area contributed by atoms with Gasteiger partial charge in [0.2, 0.25) is 0 Å². The molecule has 2 fully saturated rings. The van der Waals surface area contributed by atoms with E-state index in [1.807, 2.05) is 4.90 Å². The van der Waals surface area contributed by atoms with E-state index in [1.165, 1.54) is 44.9 Å². The van der Waals surface area contributed by atoms with Crippen LogP contribution >= 0.6 is 0 Å². The van der Waals surface area contributed by atoms with Crippen molar-refractivity contribution in [2.45, 2.75) is 44.9 Å². The highest BCUT2D eigenvalue weighted by Gasteiger charge is 2.38. The number of aromatic nitrogens is 2. The zero-order chi connectivity index (χ0) is 13.1. The number of carbonyl (C=O) groups excluding carboxylic acids is 1. The molecule has 0 radical (unpaired) electrons. The van der Waals surface area contributed by atoms with Crippen LogP contribution in [0.25, 0.3) is 0 Å². The first-order valence-electron chi connectivity index (χ1n) is 7.33. The number of likely N-dealkylation sites (tertiary alicyclic amines) is 1. The average molecular weight is 259 g/mol. The third kappa shape index (κ3) is 2.62. The summed E-state index contributed by atoms with van der Waals surface area (Å²) in [5.74, 6) is 0.102. The predicted octanol–water partition coefficient (Wildman–Crippen LogP) is 2.66. The van der Waals surface area contributed by atoms with Gasteiger partial charge in [-0.2, -0.15) is 0 Å². The lowest BCUT2D eigenvalue weighted by Gasteiger charge is -2.45. The summed E-state index contributed by atoms with van der Waals surface area (Å²) in [5.41, 5.74) is 1.03. The Morgan fingerprint density at radius 3 is 2.47 bits per heavy atom. The standard InChI is InChI=1S/C15H21N3O/c19-14(13-9-16-12-17-10-13)18-8-4-7-15(11-18)5-2-1-3-6-15/h9-10,12H,1-8,11H2. The van der Waals surface area contributed by atoms with E-state index in [0.29, 0.717) is 11.0 Å². The Bertz CT molecular complexity index is 434. The Labute approximate surface area is 114 Å². The molecule has 1 spiro atoms. The van der Waals surface area contributed by atoms with E-state index in [0.717, 1.165) is 19.5 Å². The van der Waals surface area contributed by atoms with E-state index < -0.39 is 0 Å². The molecule has 0 bridgehead atoms. The number of piperidine rings is 1. The van der Waals surface area contributed by atoms with Crippen LogP contribution in [-0.4, -0.2) is 33.9 Å². The minimum absolute atomic E-state index is 0.102. The number of hydrogen-bond acceptors (Lipinski definition) is 3. The molecule has 102 valence electrons. The molecule has 1 aromatic heterocycles. The molecule has 0 unspecified atom stereocenters. The molecule has 0 N–H and O–H groups in total. The molecular formula is C15H21N3O. The molecule has 0 atom stereocenters. The largest absolute Gasteiger partial charge is 0.338 e. The number of amides is 1. The quantitative estimate of drug-likeness (QED) is 0.779. The van der Waals surface area contributed by atoms with Gasteiger partial charge in [0.15, 0.2) is 0 Å². The molecule has 3 rings (SSSR count).